The van der Waals surface area contributed by atoms with E-state index in [1.54, 1.807) is 4.90 Å². The highest BCUT2D eigenvalue weighted by Gasteiger charge is 2.77. The number of likely N-dealkylation sites (tertiary alicyclic amines) is 1. The summed E-state index contributed by atoms with van der Waals surface area (Å²) in [6.07, 6.45) is 4.34. The van der Waals surface area contributed by atoms with Crippen molar-refractivity contribution in [3.63, 3.8) is 0 Å². The lowest BCUT2D eigenvalue weighted by atomic mass is 9.66. The number of amides is 3. The number of hydrogen-bond acceptors (Lipinski definition) is 7. The molecule has 39 heavy (non-hydrogen) atoms. The molecule has 10 nitrogen and oxygen atoms in total. The van der Waals surface area contributed by atoms with Crippen molar-refractivity contribution in [2.75, 3.05) is 57.9 Å². The van der Waals surface area contributed by atoms with Crippen LogP contribution in [0.5, 0.6) is 0 Å². The van der Waals surface area contributed by atoms with Crippen molar-refractivity contribution in [2.45, 2.75) is 62.7 Å². The van der Waals surface area contributed by atoms with Crippen LogP contribution in [0.1, 0.15) is 45.4 Å². The molecule has 4 saturated heterocycles. The Morgan fingerprint density at radius 2 is 1.77 bits per heavy atom. The van der Waals surface area contributed by atoms with E-state index >= 15 is 0 Å². The average molecular weight is 543 g/mol. The first-order valence-corrected chi connectivity index (χ1v) is 14.4. The number of carbonyl (C=O) groups excluding carboxylic acids is 3. The average Bonchev–Trinajstić information content (AvgIpc) is 3.50. The molecule has 3 amide bonds. The van der Waals surface area contributed by atoms with Crippen LogP contribution in [0.25, 0.3) is 0 Å². The van der Waals surface area contributed by atoms with Crippen LogP contribution in [0.3, 0.4) is 0 Å². The molecular weight excluding hydrogens is 500 g/mol. The van der Waals surface area contributed by atoms with E-state index in [0.717, 1.165) is 38.8 Å². The number of para-hydroxylation sites is 1. The summed E-state index contributed by atoms with van der Waals surface area (Å²) in [4.78, 5) is 45.5. The van der Waals surface area contributed by atoms with E-state index in [1.807, 2.05) is 37.3 Å². The fourth-order valence-corrected chi connectivity index (χ4v) is 7.12. The number of fused-ring (bicyclic) bond motifs is 1. The van der Waals surface area contributed by atoms with Gasteiger partial charge in [0.05, 0.1) is 30.7 Å². The van der Waals surface area contributed by atoms with E-state index in [-0.39, 0.29) is 24.3 Å². The van der Waals surface area contributed by atoms with Gasteiger partial charge in [0, 0.05) is 45.0 Å². The molecule has 0 saturated carbocycles. The molecule has 2 bridgehead atoms. The van der Waals surface area contributed by atoms with E-state index in [0.29, 0.717) is 51.4 Å². The van der Waals surface area contributed by atoms with Gasteiger partial charge in [-0.1, -0.05) is 31.0 Å². The van der Waals surface area contributed by atoms with Crippen molar-refractivity contribution < 1.29 is 29.0 Å². The van der Waals surface area contributed by atoms with Gasteiger partial charge >= 0.3 is 0 Å². The molecule has 1 spiro atoms. The number of aliphatic hydroxyl groups is 1. The molecule has 0 aliphatic carbocycles. The van der Waals surface area contributed by atoms with Crippen molar-refractivity contribution in [1.29, 1.82) is 0 Å². The molecule has 4 fully saturated rings. The molecule has 5 atom stereocenters. The van der Waals surface area contributed by atoms with Gasteiger partial charge in [-0.05, 0) is 44.7 Å². The summed E-state index contributed by atoms with van der Waals surface area (Å²) in [7, 11) is 0. The van der Waals surface area contributed by atoms with E-state index < -0.39 is 29.1 Å². The molecule has 1 aromatic rings. The number of aliphatic hydroxyl groups excluding tert-OH is 1. The Morgan fingerprint density at radius 3 is 2.51 bits per heavy atom. The second kappa shape index (κ2) is 11.9. The molecule has 4 aliphatic heterocycles. The first-order valence-electron chi connectivity index (χ1n) is 14.4. The van der Waals surface area contributed by atoms with Crippen LogP contribution < -0.4 is 10.6 Å². The van der Waals surface area contributed by atoms with Crippen LogP contribution in [-0.4, -0.2) is 102 Å². The van der Waals surface area contributed by atoms with Gasteiger partial charge < -0.3 is 30.1 Å². The molecular formula is C29H42N4O6. The van der Waals surface area contributed by atoms with Gasteiger partial charge in [-0.3, -0.25) is 19.3 Å². The van der Waals surface area contributed by atoms with Gasteiger partial charge in [0.1, 0.15) is 11.6 Å². The summed E-state index contributed by atoms with van der Waals surface area (Å²) in [5.74, 6) is -1.99. The Labute approximate surface area is 230 Å². The Bertz CT molecular complexity index is 1030. The van der Waals surface area contributed by atoms with Gasteiger partial charge in [0.2, 0.25) is 17.7 Å². The van der Waals surface area contributed by atoms with E-state index in [2.05, 4.69) is 15.5 Å². The zero-order valence-corrected chi connectivity index (χ0v) is 22.9. The zero-order chi connectivity index (χ0) is 27.5. The lowest BCUT2D eigenvalue weighted by Crippen LogP contribution is -2.56. The summed E-state index contributed by atoms with van der Waals surface area (Å²) in [6, 6.07) is 8.47. The number of nitrogens with one attached hydrogen (secondary N) is 2. The second-order valence-electron chi connectivity index (χ2n) is 11.5. The third-order valence-electron chi connectivity index (χ3n) is 8.99. The third kappa shape index (κ3) is 5.44. The quantitative estimate of drug-likeness (QED) is 0.342. The number of benzene rings is 1. The molecule has 10 heteroatoms. The topological polar surface area (TPSA) is 120 Å². The van der Waals surface area contributed by atoms with Crippen LogP contribution in [0.4, 0.5) is 5.69 Å². The highest BCUT2D eigenvalue weighted by molar-refractivity contribution is 6.02. The predicted molar refractivity (Wildman–Crippen MR) is 145 cm³/mol. The monoisotopic (exact) mass is 542 g/mol. The number of ether oxygens (including phenoxy) is 2. The molecule has 1 aromatic carbocycles. The maximum absolute atomic E-state index is 14.1. The first kappa shape index (κ1) is 28.0. The normalized spacial score (nSPS) is 31.9. The Morgan fingerprint density at radius 1 is 1.03 bits per heavy atom. The van der Waals surface area contributed by atoms with Crippen LogP contribution in [0.15, 0.2) is 30.3 Å². The molecule has 4 heterocycles. The second-order valence-corrected chi connectivity index (χ2v) is 11.5. The SMILES string of the molecule is C[C@]12CCC3(O1)C(C(=O)NCCN1CCOCC1)N(CCCCCCO)C(=O)[C@@H]3[C@H]2C(=O)Nc1ccccc1. The number of morpholine rings is 1. The van der Waals surface area contributed by atoms with Crippen molar-refractivity contribution in [2.24, 2.45) is 11.8 Å². The molecule has 5 rings (SSSR count). The number of hydrogen-bond donors (Lipinski definition) is 3. The fraction of sp³-hybridized carbons (Fsp3) is 0.690. The van der Waals surface area contributed by atoms with Gasteiger partial charge in [-0.15, -0.1) is 0 Å². The van der Waals surface area contributed by atoms with Gasteiger partial charge in [-0.25, -0.2) is 0 Å². The maximum Gasteiger partial charge on any atom is 0.245 e. The summed E-state index contributed by atoms with van der Waals surface area (Å²) < 4.78 is 12.1. The number of anilines is 1. The zero-order valence-electron chi connectivity index (χ0n) is 22.9. The van der Waals surface area contributed by atoms with Crippen LogP contribution in [0.2, 0.25) is 0 Å². The first-order chi connectivity index (χ1) is 18.9. The van der Waals surface area contributed by atoms with E-state index in [4.69, 9.17) is 14.6 Å². The molecule has 0 aromatic heterocycles. The van der Waals surface area contributed by atoms with Crippen LogP contribution in [-0.2, 0) is 23.9 Å². The van der Waals surface area contributed by atoms with Crippen molar-refractivity contribution in [3.05, 3.63) is 30.3 Å². The predicted octanol–water partition coefficient (Wildman–Crippen LogP) is 1.39. The minimum Gasteiger partial charge on any atom is -0.396 e. The van der Waals surface area contributed by atoms with Crippen LogP contribution in [0, 0.1) is 11.8 Å². The summed E-state index contributed by atoms with van der Waals surface area (Å²) >= 11 is 0. The van der Waals surface area contributed by atoms with Gasteiger partial charge in [-0.2, -0.15) is 0 Å². The Kier molecular flexibility index (Phi) is 8.56. The van der Waals surface area contributed by atoms with Crippen molar-refractivity contribution >= 4 is 23.4 Å². The number of carbonyl (C=O) groups is 3. The fourth-order valence-electron chi connectivity index (χ4n) is 7.12. The van der Waals surface area contributed by atoms with Gasteiger partial charge in [0.25, 0.3) is 0 Å². The lowest BCUT2D eigenvalue weighted by Gasteiger charge is -2.34. The molecule has 4 aliphatic rings. The summed E-state index contributed by atoms with van der Waals surface area (Å²) in [5, 5.41) is 15.2. The Hall–Kier alpha value is -2.53. The summed E-state index contributed by atoms with van der Waals surface area (Å²) in [6.45, 7) is 6.74. The maximum atomic E-state index is 14.1. The molecule has 3 N–H and O–H groups in total. The number of rotatable bonds is 12. The third-order valence-corrected chi connectivity index (χ3v) is 8.99. The van der Waals surface area contributed by atoms with Crippen molar-refractivity contribution in [1.82, 2.24) is 15.1 Å². The van der Waals surface area contributed by atoms with Crippen LogP contribution >= 0.6 is 0 Å². The summed E-state index contributed by atoms with van der Waals surface area (Å²) in [5.41, 5.74) is -1.15. The minimum atomic E-state index is -1.02. The standard InChI is InChI=1S/C29H42N4O6/c1-28-11-12-29(39-28)23(22(28)25(35)31-21-9-5-4-6-10-21)27(37)33(14-7-2-3-8-18-34)24(29)26(36)30-13-15-32-16-19-38-20-17-32/h4-6,9-10,22-24,34H,2-3,7-8,11-20H2,1H3,(H,30,36)(H,31,35)/t22-,23-,24?,28+,29?/m0/s1. The number of nitrogens with zero attached hydrogens (tertiary/aromatic N) is 2. The minimum absolute atomic E-state index is 0.145. The number of unbranched alkanes of at least 4 members (excludes halogenated alkanes) is 3. The highest BCUT2D eigenvalue weighted by Crippen LogP contribution is 2.63. The van der Waals surface area contributed by atoms with E-state index in [9.17, 15) is 14.4 Å². The van der Waals surface area contributed by atoms with E-state index in [1.165, 1.54) is 0 Å². The largest absolute Gasteiger partial charge is 0.396 e. The Balaban J connectivity index is 1.35. The molecule has 214 valence electrons. The lowest BCUT2D eigenvalue weighted by molar-refractivity contribution is -0.145. The highest BCUT2D eigenvalue weighted by atomic mass is 16.5. The smallest absolute Gasteiger partial charge is 0.245 e. The van der Waals surface area contributed by atoms with Gasteiger partial charge in [0.15, 0.2) is 0 Å². The molecule has 2 unspecified atom stereocenters. The van der Waals surface area contributed by atoms with Crippen molar-refractivity contribution in [3.8, 4) is 0 Å². The molecule has 0 radical (unpaired) electrons.